The van der Waals surface area contributed by atoms with E-state index in [4.69, 9.17) is 4.42 Å². The molecular formula is C16H21N5O2. The van der Waals surface area contributed by atoms with E-state index >= 15 is 0 Å². The van der Waals surface area contributed by atoms with Crippen LogP contribution in [0, 0.1) is 6.92 Å². The molecular weight excluding hydrogens is 294 g/mol. The number of aromatic nitrogens is 2. The lowest BCUT2D eigenvalue weighted by Crippen LogP contribution is -2.51. The molecule has 3 rings (SSSR count). The first-order chi connectivity index (χ1) is 11.2. The molecule has 1 saturated heterocycles. The first-order valence-electron chi connectivity index (χ1n) is 7.79. The van der Waals surface area contributed by atoms with Gasteiger partial charge in [-0.25, -0.2) is 4.79 Å². The quantitative estimate of drug-likeness (QED) is 0.923. The molecule has 1 aromatic heterocycles. The predicted octanol–water partition coefficient (Wildman–Crippen LogP) is 1.41. The first kappa shape index (κ1) is 15.5. The van der Waals surface area contributed by atoms with Crippen LogP contribution in [-0.2, 0) is 13.1 Å². The zero-order valence-electron chi connectivity index (χ0n) is 13.2. The molecule has 0 saturated carbocycles. The molecule has 0 unspecified atom stereocenters. The normalized spacial score (nSPS) is 15.6. The molecule has 2 aromatic rings. The highest BCUT2D eigenvalue weighted by Gasteiger charge is 2.22. The highest BCUT2D eigenvalue weighted by atomic mass is 16.4. The molecule has 1 fully saturated rings. The van der Waals surface area contributed by atoms with Gasteiger partial charge >= 0.3 is 6.03 Å². The molecule has 0 aliphatic carbocycles. The highest BCUT2D eigenvalue weighted by molar-refractivity contribution is 5.74. The first-order valence-corrected chi connectivity index (χ1v) is 7.79. The van der Waals surface area contributed by atoms with Gasteiger partial charge in [-0.05, 0) is 5.56 Å². The van der Waals surface area contributed by atoms with E-state index in [2.05, 4.69) is 20.4 Å². The molecule has 0 atom stereocenters. The summed E-state index contributed by atoms with van der Waals surface area (Å²) < 4.78 is 5.39. The van der Waals surface area contributed by atoms with Gasteiger partial charge in [-0.2, -0.15) is 0 Å². The third kappa shape index (κ3) is 4.29. The number of urea groups is 1. The summed E-state index contributed by atoms with van der Waals surface area (Å²) >= 11 is 0. The Morgan fingerprint density at radius 1 is 1.17 bits per heavy atom. The molecule has 7 heteroatoms. The van der Waals surface area contributed by atoms with Gasteiger partial charge < -0.3 is 14.6 Å². The van der Waals surface area contributed by atoms with Crippen LogP contribution in [0.4, 0.5) is 4.79 Å². The van der Waals surface area contributed by atoms with Crippen LogP contribution in [0.25, 0.3) is 0 Å². The number of rotatable bonds is 4. The maximum atomic E-state index is 12.2. The lowest BCUT2D eigenvalue weighted by molar-refractivity contribution is 0.128. The highest BCUT2D eigenvalue weighted by Crippen LogP contribution is 2.08. The van der Waals surface area contributed by atoms with Crippen LogP contribution in [0.5, 0.6) is 0 Å². The number of nitrogens with zero attached hydrogens (tertiary/aromatic N) is 4. The van der Waals surface area contributed by atoms with Gasteiger partial charge in [-0.15, -0.1) is 10.2 Å². The lowest BCUT2D eigenvalue weighted by Gasteiger charge is -2.33. The fourth-order valence-electron chi connectivity index (χ4n) is 2.59. The molecule has 0 bridgehead atoms. The van der Waals surface area contributed by atoms with Crippen LogP contribution in [-0.4, -0.2) is 52.2 Å². The Balaban J connectivity index is 1.42. The molecule has 122 valence electrons. The molecule has 2 heterocycles. The van der Waals surface area contributed by atoms with Gasteiger partial charge in [0.15, 0.2) is 0 Å². The standard InChI is InChI=1S/C16H21N5O2/c1-13-18-19-15(23-13)12-20-7-9-21(10-8-20)16(22)17-11-14-5-3-2-4-6-14/h2-6H,7-12H2,1H3,(H,17,22). The van der Waals surface area contributed by atoms with Crippen molar-refractivity contribution in [1.29, 1.82) is 0 Å². The Hall–Kier alpha value is -2.41. The van der Waals surface area contributed by atoms with E-state index in [9.17, 15) is 4.79 Å². The van der Waals surface area contributed by atoms with Crippen LogP contribution in [0.1, 0.15) is 17.3 Å². The largest absolute Gasteiger partial charge is 0.424 e. The summed E-state index contributed by atoms with van der Waals surface area (Å²) in [6.07, 6.45) is 0. The lowest BCUT2D eigenvalue weighted by atomic mass is 10.2. The Bertz CT molecular complexity index is 635. The second kappa shape index (κ2) is 7.23. The molecule has 0 spiro atoms. The third-order valence-electron chi connectivity index (χ3n) is 3.87. The van der Waals surface area contributed by atoms with Gasteiger partial charge in [0, 0.05) is 39.6 Å². The Morgan fingerprint density at radius 3 is 2.57 bits per heavy atom. The average Bonchev–Trinajstić information content (AvgIpc) is 2.99. The van der Waals surface area contributed by atoms with Crippen molar-refractivity contribution in [2.45, 2.75) is 20.0 Å². The molecule has 1 N–H and O–H groups in total. The molecule has 0 radical (unpaired) electrons. The van der Waals surface area contributed by atoms with E-state index in [0.717, 1.165) is 18.7 Å². The van der Waals surface area contributed by atoms with E-state index < -0.39 is 0 Å². The second-order valence-electron chi connectivity index (χ2n) is 5.62. The van der Waals surface area contributed by atoms with E-state index in [1.165, 1.54) is 0 Å². The number of hydrogen-bond donors (Lipinski definition) is 1. The number of piperazine rings is 1. The number of carbonyl (C=O) groups excluding carboxylic acids is 1. The Kier molecular flexibility index (Phi) is 4.87. The van der Waals surface area contributed by atoms with Crippen molar-refractivity contribution in [3.8, 4) is 0 Å². The molecule has 23 heavy (non-hydrogen) atoms. The minimum absolute atomic E-state index is 0.0119. The van der Waals surface area contributed by atoms with E-state index in [-0.39, 0.29) is 6.03 Å². The summed E-state index contributed by atoms with van der Waals surface area (Å²) in [5, 5.41) is 10.8. The third-order valence-corrected chi connectivity index (χ3v) is 3.87. The van der Waals surface area contributed by atoms with Crippen LogP contribution in [0.15, 0.2) is 34.7 Å². The fraction of sp³-hybridized carbons (Fsp3) is 0.438. The average molecular weight is 315 g/mol. The maximum Gasteiger partial charge on any atom is 0.317 e. The van der Waals surface area contributed by atoms with Crippen molar-refractivity contribution in [3.05, 3.63) is 47.7 Å². The number of amides is 2. The van der Waals surface area contributed by atoms with Crippen LogP contribution in [0.2, 0.25) is 0 Å². The summed E-state index contributed by atoms with van der Waals surface area (Å²) in [7, 11) is 0. The van der Waals surface area contributed by atoms with Gasteiger partial charge in [0.25, 0.3) is 0 Å². The van der Waals surface area contributed by atoms with Crippen molar-refractivity contribution < 1.29 is 9.21 Å². The van der Waals surface area contributed by atoms with Crippen LogP contribution < -0.4 is 5.32 Å². The molecule has 1 aromatic carbocycles. The monoisotopic (exact) mass is 315 g/mol. The SMILES string of the molecule is Cc1nnc(CN2CCN(C(=O)NCc3ccccc3)CC2)o1. The number of benzene rings is 1. The molecule has 1 aliphatic rings. The molecule has 1 aliphatic heterocycles. The number of aryl methyl sites for hydroxylation is 1. The Labute approximate surface area is 135 Å². The minimum Gasteiger partial charge on any atom is -0.424 e. The van der Waals surface area contributed by atoms with Gasteiger partial charge in [0.2, 0.25) is 11.8 Å². The maximum absolute atomic E-state index is 12.2. The zero-order valence-corrected chi connectivity index (χ0v) is 13.2. The fourth-order valence-corrected chi connectivity index (χ4v) is 2.59. The van der Waals surface area contributed by atoms with Crippen LogP contribution >= 0.6 is 0 Å². The van der Waals surface area contributed by atoms with Gasteiger partial charge in [-0.1, -0.05) is 30.3 Å². The van der Waals surface area contributed by atoms with Crippen molar-refractivity contribution >= 4 is 6.03 Å². The number of nitrogens with one attached hydrogen (secondary N) is 1. The smallest absolute Gasteiger partial charge is 0.317 e. The van der Waals surface area contributed by atoms with Crippen molar-refractivity contribution in [2.24, 2.45) is 0 Å². The second-order valence-corrected chi connectivity index (χ2v) is 5.62. The van der Waals surface area contributed by atoms with Crippen molar-refractivity contribution in [1.82, 2.24) is 25.3 Å². The van der Waals surface area contributed by atoms with Gasteiger partial charge in [-0.3, -0.25) is 4.90 Å². The van der Waals surface area contributed by atoms with E-state index in [1.54, 1.807) is 6.92 Å². The predicted molar refractivity (Wildman–Crippen MR) is 84.6 cm³/mol. The minimum atomic E-state index is -0.0119. The van der Waals surface area contributed by atoms with Crippen LogP contribution in [0.3, 0.4) is 0 Å². The van der Waals surface area contributed by atoms with E-state index in [1.807, 2.05) is 35.2 Å². The van der Waals surface area contributed by atoms with Gasteiger partial charge in [0.05, 0.1) is 6.54 Å². The summed E-state index contributed by atoms with van der Waals surface area (Å²) in [5.74, 6) is 1.21. The summed E-state index contributed by atoms with van der Waals surface area (Å²) in [6, 6.07) is 9.91. The van der Waals surface area contributed by atoms with Crippen molar-refractivity contribution in [2.75, 3.05) is 26.2 Å². The summed E-state index contributed by atoms with van der Waals surface area (Å²) in [4.78, 5) is 16.3. The Morgan fingerprint density at radius 2 is 1.91 bits per heavy atom. The topological polar surface area (TPSA) is 74.5 Å². The summed E-state index contributed by atoms with van der Waals surface area (Å²) in [6.45, 7) is 5.99. The zero-order chi connectivity index (χ0) is 16.1. The van der Waals surface area contributed by atoms with Crippen molar-refractivity contribution in [3.63, 3.8) is 0 Å². The number of carbonyl (C=O) groups is 1. The summed E-state index contributed by atoms with van der Waals surface area (Å²) in [5.41, 5.74) is 1.10. The van der Waals surface area contributed by atoms with Gasteiger partial charge in [0.1, 0.15) is 0 Å². The molecule has 2 amide bonds. The molecule has 7 nitrogen and oxygen atoms in total. The van der Waals surface area contributed by atoms with E-state index in [0.29, 0.717) is 38.0 Å². The number of hydrogen-bond acceptors (Lipinski definition) is 5.